The number of hydrogen-bond acceptors (Lipinski definition) is 2. The summed E-state index contributed by atoms with van der Waals surface area (Å²) < 4.78 is 11.5. The third kappa shape index (κ3) is 3.81. The fourth-order valence-corrected chi connectivity index (χ4v) is 1.71. The Morgan fingerprint density at radius 1 is 1.50 bits per heavy atom. The second kappa shape index (κ2) is 4.94. The summed E-state index contributed by atoms with van der Waals surface area (Å²) in [6.07, 6.45) is 5.56. The molecule has 1 aliphatic rings. The molecule has 1 heterocycles. The molecule has 0 spiro atoms. The van der Waals surface area contributed by atoms with Gasteiger partial charge in [0.05, 0.1) is 12.7 Å². The van der Waals surface area contributed by atoms with Crippen molar-refractivity contribution < 1.29 is 9.47 Å². The van der Waals surface area contributed by atoms with E-state index in [2.05, 4.69) is 26.8 Å². The highest BCUT2D eigenvalue weighted by molar-refractivity contribution is 4.93. The minimum absolute atomic E-state index is 0.334. The normalized spacial score (nSPS) is 32.7. The highest BCUT2D eigenvalue weighted by Crippen LogP contribution is 2.27. The molecule has 2 unspecified atom stereocenters. The molecule has 82 valence electrons. The quantitative estimate of drug-likeness (QED) is 0.648. The van der Waals surface area contributed by atoms with Gasteiger partial charge in [-0.05, 0) is 40.5 Å². The molecular formula is C12H22O2. The van der Waals surface area contributed by atoms with Crippen LogP contribution in [0.3, 0.4) is 0 Å². The molecule has 14 heavy (non-hydrogen) atoms. The van der Waals surface area contributed by atoms with Gasteiger partial charge in [-0.1, -0.05) is 11.6 Å². The van der Waals surface area contributed by atoms with Gasteiger partial charge in [0.2, 0.25) is 0 Å². The smallest absolute Gasteiger partial charge is 0.166 e. The van der Waals surface area contributed by atoms with Gasteiger partial charge in [0.15, 0.2) is 5.79 Å². The lowest BCUT2D eigenvalue weighted by Crippen LogP contribution is -2.41. The van der Waals surface area contributed by atoms with E-state index in [9.17, 15) is 0 Å². The maximum Gasteiger partial charge on any atom is 0.166 e. The molecule has 2 heteroatoms. The summed E-state index contributed by atoms with van der Waals surface area (Å²) in [6.45, 7) is 9.22. The van der Waals surface area contributed by atoms with Crippen molar-refractivity contribution in [1.82, 2.24) is 0 Å². The van der Waals surface area contributed by atoms with Crippen molar-refractivity contribution in [1.29, 1.82) is 0 Å². The Morgan fingerprint density at radius 2 is 2.21 bits per heavy atom. The fraction of sp³-hybridized carbons (Fsp3) is 0.833. The lowest BCUT2D eigenvalue weighted by Gasteiger charge is -2.37. The van der Waals surface area contributed by atoms with Gasteiger partial charge < -0.3 is 9.47 Å². The molecule has 0 aromatic rings. The summed E-state index contributed by atoms with van der Waals surface area (Å²) in [7, 11) is 0. The second-order valence-corrected chi connectivity index (χ2v) is 4.52. The molecule has 0 aliphatic carbocycles. The van der Waals surface area contributed by atoms with Crippen molar-refractivity contribution in [3.63, 3.8) is 0 Å². The maximum absolute atomic E-state index is 5.80. The van der Waals surface area contributed by atoms with E-state index < -0.39 is 0 Å². The first-order valence-electron chi connectivity index (χ1n) is 5.47. The zero-order valence-corrected chi connectivity index (χ0v) is 9.80. The van der Waals surface area contributed by atoms with Crippen molar-refractivity contribution in [3.8, 4) is 0 Å². The summed E-state index contributed by atoms with van der Waals surface area (Å²) in [5.74, 6) is -0.358. The van der Waals surface area contributed by atoms with Crippen LogP contribution in [0.2, 0.25) is 0 Å². The first-order chi connectivity index (χ1) is 6.52. The van der Waals surface area contributed by atoms with Crippen LogP contribution in [0.1, 0.15) is 47.0 Å². The van der Waals surface area contributed by atoms with E-state index in [1.165, 1.54) is 5.57 Å². The van der Waals surface area contributed by atoms with Crippen LogP contribution in [0, 0.1) is 0 Å². The van der Waals surface area contributed by atoms with Crippen LogP contribution in [-0.2, 0) is 9.47 Å². The van der Waals surface area contributed by atoms with Crippen LogP contribution in [0.5, 0.6) is 0 Å². The molecule has 2 atom stereocenters. The van der Waals surface area contributed by atoms with E-state index in [0.717, 1.165) is 25.9 Å². The van der Waals surface area contributed by atoms with E-state index in [4.69, 9.17) is 9.47 Å². The van der Waals surface area contributed by atoms with Gasteiger partial charge in [-0.3, -0.25) is 0 Å². The van der Waals surface area contributed by atoms with E-state index in [1.807, 2.05) is 6.92 Å². The minimum atomic E-state index is -0.358. The monoisotopic (exact) mass is 198 g/mol. The Labute approximate surface area is 87.3 Å². The Balaban J connectivity index is 2.37. The Bertz CT molecular complexity index is 206. The lowest BCUT2D eigenvalue weighted by atomic mass is 10.1. The molecule has 0 amide bonds. The average molecular weight is 198 g/mol. The van der Waals surface area contributed by atoms with E-state index in [0.29, 0.717) is 6.10 Å². The maximum atomic E-state index is 5.80. The zero-order valence-electron chi connectivity index (χ0n) is 9.80. The van der Waals surface area contributed by atoms with Gasteiger partial charge in [0.25, 0.3) is 0 Å². The van der Waals surface area contributed by atoms with E-state index in [1.54, 1.807) is 0 Å². The standard InChI is InChI=1S/C12H22O2/c1-10(2)6-5-8-12(4)13-9-7-11(3)14-12/h6,11H,5,7-9H2,1-4H3. The van der Waals surface area contributed by atoms with Crippen molar-refractivity contribution in [2.75, 3.05) is 6.61 Å². The van der Waals surface area contributed by atoms with Gasteiger partial charge in [-0.15, -0.1) is 0 Å². The van der Waals surface area contributed by atoms with Crippen LogP contribution >= 0.6 is 0 Å². The van der Waals surface area contributed by atoms with E-state index >= 15 is 0 Å². The second-order valence-electron chi connectivity index (χ2n) is 4.52. The van der Waals surface area contributed by atoms with Gasteiger partial charge in [0, 0.05) is 6.42 Å². The third-order valence-corrected chi connectivity index (χ3v) is 2.53. The van der Waals surface area contributed by atoms with Gasteiger partial charge >= 0.3 is 0 Å². The van der Waals surface area contributed by atoms with Crippen LogP contribution in [0.25, 0.3) is 0 Å². The molecule has 0 bridgehead atoms. The predicted molar refractivity (Wildman–Crippen MR) is 58.2 cm³/mol. The van der Waals surface area contributed by atoms with Crippen LogP contribution in [0.15, 0.2) is 11.6 Å². The van der Waals surface area contributed by atoms with Crippen LogP contribution in [0.4, 0.5) is 0 Å². The number of allylic oxidation sites excluding steroid dienone is 2. The molecule has 0 radical (unpaired) electrons. The molecule has 0 saturated carbocycles. The third-order valence-electron chi connectivity index (χ3n) is 2.53. The van der Waals surface area contributed by atoms with Gasteiger partial charge in [0.1, 0.15) is 0 Å². The zero-order chi connectivity index (χ0) is 10.6. The van der Waals surface area contributed by atoms with Crippen LogP contribution < -0.4 is 0 Å². The molecule has 1 fully saturated rings. The van der Waals surface area contributed by atoms with Crippen LogP contribution in [-0.4, -0.2) is 18.5 Å². The largest absolute Gasteiger partial charge is 0.350 e. The van der Waals surface area contributed by atoms with Gasteiger partial charge in [-0.2, -0.15) is 0 Å². The first-order valence-corrected chi connectivity index (χ1v) is 5.47. The van der Waals surface area contributed by atoms with Gasteiger partial charge in [-0.25, -0.2) is 0 Å². The molecule has 1 aliphatic heterocycles. The predicted octanol–water partition coefficient (Wildman–Crippen LogP) is 3.27. The highest BCUT2D eigenvalue weighted by atomic mass is 16.7. The molecular weight excluding hydrogens is 176 g/mol. The lowest BCUT2D eigenvalue weighted by molar-refractivity contribution is -0.282. The van der Waals surface area contributed by atoms with Crippen molar-refractivity contribution in [2.24, 2.45) is 0 Å². The summed E-state index contributed by atoms with van der Waals surface area (Å²) in [4.78, 5) is 0. The van der Waals surface area contributed by atoms with E-state index in [-0.39, 0.29) is 5.79 Å². The fourth-order valence-electron chi connectivity index (χ4n) is 1.71. The summed E-state index contributed by atoms with van der Waals surface area (Å²) >= 11 is 0. The number of ether oxygens (including phenoxy) is 2. The summed E-state index contributed by atoms with van der Waals surface area (Å²) in [6, 6.07) is 0. The Morgan fingerprint density at radius 3 is 2.79 bits per heavy atom. The molecule has 0 aromatic heterocycles. The highest BCUT2D eigenvalue weighted by Gasteiger charge is 2.31. The Hall–Kier alpha value is -0.340. The summed E-state index contributed by atoms with van der Waals surface area (Å²) in [5.41, 5.74) is 1.36. The topological polar surface area (TPSA) is 18.5 Å². The molecule has 0 N–H and O–H groups in total. The summed E-state index contributed by atoms with van der Waals surface area (Å²) in [5, 5.41) is 0. The average Bonchev–Trinajstić information content (AvgIpc) is 2.01. The first kappa shape index (κ1) is 11.7. The van der Waals surface area contributed by atoms with Crippen molar-refractivity contribution in [3.05, 3.63) is 11.6 Å². The number of hydrogen-bond donors (Lipinski definition) is 0. The Kier molecular flexibility index (Phi) is 4.14. The molecule has 1 saturated heterocycles. The molecule has 1 rings (SSSR count). The minimum Gasteiger partial charge on any atom is -0.350 e. The number of rotatable bonds is 3. The van der Waals surface area contributed by atoms with Crippen molar-refractivity contribution in [2.45, 2.75) is 58.8 Å². The molecule has 0 aromatic carbocycles. The SMILES string of the molecule is CC(C)=CCCC1(C)OCCC(C)O1. The van der Waals surface area contributed by atoms with Crippen molar-refractivity contribution >= 4 is 0 Å². The molecule has 2 nitrogen and oxygen atoms in total.